The first-order valence-electron chi connectivity index (χ1n) is 10.3. The third kappa shape index (κ3) is 5.37. The Bertz CT molecular complexity index is 863. The minimum atomic E-state index is -0.567. The van der Waals surface area contributed by atoms with Gasteiger partial charge in [-0.25, -0.2) is 4.79 Å². The molecule has 1 aliphatic rings. The van der Waals surface area contributed by atoms with Crippen molar-refractivity contribution in [2.75, 3.05) is 13.1 Å². The van der Waals surface area contributed by atoms with Gasteiger partial charge in [-0.3, -0.25) is 4.79 Å². The molecule has 2 N–H and O–H groups in total. The number of hydrogen-bond donors (Lipinski definition) is 2. The van der Waals surface area contributed by atoms with Crippen molar-refractivity contribution in [2.45, 2.75) is 46.7 Å². The summed E-state index contributed by atoms with van der Waals surface area (Å²) >= 11 is 0. The maximum Gasteiger partial charge on any atom is 0.317 e. The van der Waals surface area contributed by atoms with Crippen molar-refractivity contribution in [3.05, 3.63) is 70.8 Å². The van der Waals surface area contributed by atoms with Crippen LogP contribution in [0.25, 0.3) is 0 Å². The van der Waals surface area contributed by atoms with Gasteiger partial charge in [0, 0.05) is 26.2 Å². The fraction of sp³-hybridized carbons (Fsp3) is 0.417. The molecule has 1 saturated heterocycles. The SMILES string of the molecule is Cc1ccc(CNC(=O)N2CCCC(C)(C(=O)NCc3ccccc3C)C2)cc1. The van der Waals surface area contributed by atoms with Crippen LogP contribution in [0.5, 0.6) is 0 Å². The molecule has 0 spiro atoms. The van der Waals surface area contributed by atoms with Crippen LogP contribution in [0.4, 0.5) is 4.79 Å². The molecule has 0 radical (unpaired) electrons. The summed E-state index contributed by atoms with van der Waals surface area (Å²) in [4.78, 5) is 27.3. The molecule has 5 heteroatoms. The first-order chi connectivity index (χ1) is 13.9. The fourth-order valence-corrected chi connectivity index (χ4v) is 3.79. The highest BCUT2D eigenvalue weighted by Gasteiger charge is 2.39. The standard InChI is InChI=1S/C24H31N3O2/c1-18-9-11-20(12-10-18)15-26-23(29)27-14-6-13-24(3,17-27)22(28)25-16-21-8-5-4-7-19(21)2/h4-5,7-12H,6,13-17H2,1-3H3,(H,25,28)(H,26,29). The molecule has 1 unspecified atom stereocenters. The minimum Gasteiger partial charge on any atom is -0.351 e. The Morgan fingerprint density at radius 3 is 2.45 bits per heavy atom. The Morgan fingerprint density at radius 2 is 1.72 bits per heavy atom. The zero-order valence-corrected chi connectivity index (χ0v) is 17.6. The first kappa shape index (κ1) is 20.9. The van der Waals surface area contributed by atoms with E-state index in [1.165, 1.54) is 11.1 Å². The number of likely N-dealkylation sites (tertiary alicyclic amines) is 1. The molecule has 154 valence electrons. The van der Waals surface area contributed by atoms with Gasteiger partial charge in [-0.05, 0) is 50.3 Å². The quantitative estimate of drug-likeness (QED) is 0.808. The molecule has 1 atom stereocenters. The highest BCUT2D eigenvalue weighted by atomic mass is 16.2. The van der Waals surface area contributed by atoms with Gasteiger partial charge in [0.1, 0.15) is 0 Å². The maximum atomic E-state index is 12.9. The fourth-order valence-electron chi connectivity index (χ4n) is 3.79. The second-order valence-electron chi connectivity index (χ2n) is 8.34. The maximum absolute atomic E-state index is 12.9. The summed E-state index contributed by atoms with van der Waals surface area (Å²) in [6.07, 6.45) is 1.61. The van der Waals surface area contributed by atoms with Crippen molar-refractivity contribution in [1.29, 1.82) is 0 Å². The lowest BCUT2D eigenvalue weighted by molar-refractivity contribution is -0.132. The number of piperidine rings is 1. The highest BCUT2D eigenvalue weighted by molar-refractivity contribution is 5.84. The van der Waals surface area contributed by atoms with Gasteiger partial charge in [0.25, 0.3) is 0 Å². The van der Waals surface area contributed by atoms with Crippen LogP contribution in [-0.2, 0) is 17.9 Å². The average molecular weight is 394 g/mol. The lowest BCUT2D eigenvalue weighted by Gasteiger charge is -2.39. The van der Waals surface area contributed by atoms with Crippen LogP contribution in [0.15, 0.2) is 48.5 Å². The number of amides is 3. The number of benzene rings is 2. The number of carbonyl (C=O) groups excluding carboxylic acids is 2. The van der Waals surface area contributed by atoms with Crippen LogP contribution >= 0.6 is 0 Å². The van der Waals surface area contributed by atoms with Gasteiger partial charge in [0.05, 0.1) is 5.41 Å². The van der Waals surface area contributed by atoms with Crippen LogP contribution < -0.4 is 10.6 Å². The highest BCUT2D eigenvalue weighted by Crippen LogP contribution is 2.30. The number of nitrogens with one attached hydrogen (secondary N) is 2. The monoisotopic (exact) mass is 393 g/mol. The Hall–Kier alpha value is -2.82. The van der Waals surface area contributed by atoms with E-state index in [1.807, 2.05) is 69.3 Å². The molecule has 1 fully saturated rings. The molecular formula is C24H31N3O2. The van der Waals surface area contributed by atoms with E-state index in [0.717, 1.165) is 24.0 Å². The molecule has 0 saturated carbocycles. The number of nitrogens with zero attached hydrogens (tertiary/aromatic N) is 1. The van der Waals surface area contributed by atoms with E-state index in [4.69, 9.17) is 0 Å². The van der Waals surface area contributed by atoms with Crippen molar-refractivity contribution in [2.24, 2.45) is 5.41 Å². The smallest absolute Gasteiger partial charge is 0.317 e. The molecule has 5 nitrogen and oxygen atoms in total. The van der Waals surface area contributed by atoms with Crippen molar-refractivity contribution < 1.29 is 9.59 Å². The van der Waals surface area contributed by atoms with Crippen LogP contribution in [0.1, 0.15) is 42.0 Å². The van der Waals surface area contributed by atoms with Gasteiger partial charge in [-0.15, -0.1) is 0 Å². The number of urea groups is 1. The van der Waals surface area contributed by atoms with E-state index >= 15 is 0 Å². The number of hydrogen-bond acceptors (Lipinski definition) is 2. The van der Waals surface area contributed by atoms with Crippen molar-refractivity contribution in [3.8, 4) is 0 Å². The van der Waals surface area contributed by atoms with Gasteiger partial charge in [0.15, 0.2) is 0 Å². The van der Waals surface area contributed by atoms with Crippen molar-refractivity contribution in [1.82, 2.24) is 15.5 Å². The van der Waals surface area contributed by atoms with E-state index < -0.39 is 5.41 Å². The molecule has 3 rings (SSSR count). The molecule has 0 aliphatic carbocycles. The molecule has 0 bridgehead atoms. The summed E-state index contributed by atoms with van der Waals surface area (Å²) in [7, 11) is 0. The van der Waals surface area contributed by atoms with Crippen LogP contribution in [0.2, 0.25) is 0 Å². The molecule has 1 heterocycles. The van der Waals surface area contributed by atoms with E-state index in [9.17, 15) is 9.59 Å². The number of aryl methyl sites for hydroxylation is 2. The van der Waals surface area contributed by atoms with Crippen LogP contribution in [-0.4, -0.2) is 29.9 Å². The second kappa shape index (κ2) is 9.12. The normalized spacial score (nSPS) is 18.9. The summed E-state index contributed by atoms with van der Waals surface area (Å²) in [5, 5.41) is 6.06. The molecule has 0 aromatic heterocycles. The van der Waals surface area contributed by atoms with Crippen molar-refractivity contribution >= 4 is 11.9 Å². The van der Waals surface area contributed by atoms with Crippen LogP contribution in [0.3, 0.4) is 0 Å². The van der Waals surface area contributed by atoms with Crippen molar-refractivity contribution in [3.63, 3.8) is 0 Å². The summed E-state index contributed by atoms with van der Waals surface area (Å²) in [6.45, 7) is 8.17. The number of rotatable bonds is 5. The third-order valence-corrected chi connectivity index (χ3v) is 5.80. The van der Waals surface area contributed by atoms with Gasteiger partial charge >= 0.3 is 6.03 Å². The van der Waals surface area contributed by atoms with E-state index in [0.29, 0.717) is 26.2 Å². The Morgan fingerprint density at radius 1 is 1.00 bits per heavy atom. The summed E-state index contributed by atoms with van der Waals surface area (Å²) in [5.74, 6) is 0.0109. The number of carbonyl (C=O) groups is 2. The Kier molecular flexibility index (Phi) is 6.57. The molecule has 2 aromatic rings. The topological polar surface area (TPSA) is 61.4 Å². The predicted molar refractivity (Wildman–Crippen MR) is 115 cm³/mol. The lowest BCUT2D eigenvalue weighted by Crippen LogP contribution is -2.53. The van der Waals surface area contributed by atoms with Gasteiger partial charge in [0.2, 0.25) is 5.91 Å². The van der Waals surface area contributed by atoms with E-state index in [1.54, 1.807) is 4.90 Å². The lowest BCUT2D eigenvalue weighted by atomic mass is 9.81. The summed E-state index contributed by atoms with van der Waals surface area (Å²) < 4.78 is 0. The van der Waals surface area contributed by atoms with Gasteiger partial charge < -0.3 is 15.5 Å². The first-order valence-corrected chi connectivity index (χ1v) is 10.3. The van der Waals surface area contributed by atoms with E-state index in [2.05, 4.69) is 10.6 Å². The molecule has 3 amide bonds. The molecule has 2 aromatic carbocycles. The van der Waals surface area contributed by atoms with Crippen LogP contribution in [0, 0.1) is 19.3 Å². The van der Waals surface area contributed by atoms with E-state index in [-0.39, 0.29) is 11.9 Å². The van der Waals surface area contributed by atoms with Gasteiger partial charge in [-0.2, -0.15) is 0 Å². The summed E-state index contributed by atoms with van der Waals surface area (Å²) in [5.41, 5.74) is 3.98. The molecule has 1 aliphatic heterocycles. The molecule has 29 heavy (non-hydrogen) atoms. The third-order valence-electron chi connectivity index (χ3n) is 5.80. The average Bonchev–Trinajstić information content (AvgIpc) is 2.72. The predicted octanol–water partition coefficient (Wildman–Crippen LogP) is 3.93. The zero-order valence-electron chi connectivity index (χ0n) is 17.6. The van der Waals surface area contributed by atoms with Gasteiger partial charge in [-0.1, -0.05) is 54.1 Å². The Labute approximate surface area is 173 Å². The minimum absolute atomic E-state index is 0.0109. The summed E-state index contributed by atoms with van der Waals surface area (Å²) in [6, 6.07) is 16.1. The Balaban J connectivity index is 1.54. The molecular weight excluding hydrogens is 362 g/mol. The zero-order chi connectivity index (χ0) is 20.9. The largest absolute Gasteiger partial charge is 0.351 e. The second-order valence-corrected chi connectivity index (χ2v) is 8.34.